The molecule has 7 nitrogen and oxygen atoms in total. The Morgan fingerprint density at radius 3 is 2.44 bits per heavy atom. The van der Waals surface area contributed by atoms with Gasteiger partial charge in [-0.1, -0.05) is 19.9 Å². The summed E-state index contributed by atoms with van der Waals surface area (Å²) in [5, 5.41) is 8.06. The summed E-state index contributed by atoms with van der Waals surface area (Å²) in [6.45, 7) is 8.11. The zero-order valence-electron chi connectivity index (χ0n) is 15.4. The Kier molecular flexibility index (Phi) is 7.91. The average molecular weight is 349 g/mol. The predicted molar refractivity (Wildman–Crippen MR) is 96.6 cm³/mol. The van der Waals surface area contributed by atoms with Crippen LogP contribution in [0.4, 0.5) is 10.5 Å². The van der Waals surface area contributed by atoms with E-state index in [1.54, 1.807) is 18.2 Å². The van der Waals surface area contributed by atoms with E-state index in [0.717, 1.165) is 5.56 Å². The lowest BCUT2D eigenvalue weighted by Crippen LogP contribution is -2.44. The van der Waals surface area contributed by atoms with Gasteiger partial charge in [0.2, 0.25) is 5.91 Å². The largest absolute Gasteiger partial charge is 0.453 e. The van der Waals surface area contributed by atoms with Gasteiger partial charge in [0.05, 0.1) is 7.11 Å². The second-order valence-corrected chi connectivity index (χ2v) is 6.20. The minimum Gasteiger partial charge on any atom is -0.453 e. The zero-order chi connectivity index (χ0) is 19.0. The van der Waals surface area contributed by atoms with Crippen molar-refractivity contribution in [2.24, 2.45) is 5.92 Å². The van der Waals surface area contributed by atoms with Crippen LogP contribution in [0.5, 0.6) is 0 Å². The quantitative estimate of drug-likeness (QED) is 0.704. The van der Waals surface area contributed by atoms with E-state index in [2.05, 4.69) is 20.7 Å². The van der Waals surface area contributed by atoms with Crippen molar-refractivity contribution < 1.29 is 19.1 Å². The van der Waals surface area contributed by atoms with E-state index >= 15 is 0 Å². The Morgan fingerprint density at radius 1 is 1.20 bits per heavy atom. The van der Waals surface area contributed by atoms with Crippen molar-refractivity contribution in [2.45, 2.75) is 40.2 Å². The van der Waals surface area contributed by atoms with E-state index < -0.39 is 12.1 Å². The Labute approximate surface area is 148 Å². The zero-order valence-corrected chi connectivity index (χ0v) is 15.4. The van der Waals surface area contributed by atoms with Crippen LogP contribution >= 0.6 is 0 Å². The topological polar surface area (TPSA) is 96.5 Å². The number of ether oxygens (including phenoxy) is 1. The molecule has 0 aliphatic carbocycles. The number of rotatable bonds is 7. The van der Waals surface area contributed by atoms with Gasteiger partial charge in [-0.3, -0.25) is 9.59 Å². The number of carbonyl (C=O) groups excluding carboxylic acids is 3. The summed E-state index contributed by atoms with van der Waals surface area (Å²) in [5.74, 6) is -0.352. The highest BCUT2D eigenvalue weighted by Crippen LogP contribution is 2.18. The molecule has 0 saturated carbocycles. The van der Waals surface area contributed by atoms with Crippen LogP contribution in [0.25, 0.3) is 0 Å². The van der Waals surface area contributed by atoms with E-state index in [9.17, 15) is 14.4 Å². The number of hydrogen-bond acceptors (Lipinski definition) is 4. The third-order valence-electron chi connectivity index (χ3n) is 3.60. The van der Waals surface area contributed by atoms with Gasteiger partial charge in [-0.25, -0.2) is 4.79 Å². The highest BCUT2D eigenvalue weighted by molar-refractivity contribution is 6.00. The lowest BCUT2D eigenvalue weighted by atomic mass is 10.0. The second-order valence-electron chi connectivity index (χ2n) is 6.20. The third-order valence-corrected chi connectivity index (χ3v) is 3.60. The number of hydrogen-bond donors (Lipinski definition) is 3. The lowest BCUT2D eigenvalue weighted by molar-refractivity contribution is -0.118. The molecule has 1 rings (SSSR count). The first-order valence-corrected chi connectivity index (χ1v) is 8.32. The van der Waals surface area contributed by atoms with E-state index in [1.807, 2.05) is 27.7 Å². The number of nitrogens with one attached hydrogen (secondary N) is 3. The maximum absolute atomic E-state index is 12.6. The highest BCUT2D eigenvalue weighted by Gasteiger charge is 2.23. The molecular weight excluding hydrogens is 322 g/mol. The number of carbonyl (C=O) groups is 3. The number of amides is 3. The van der Waals surface area contributed by atoms with Crippen LogP contribution < -0.4 is 16.0 Å². The molecule has 0 aliphatic rings. The molecule has 138 valence electrons. The van der Waals surface area contributed by atoms with Gasteiger partial charge in [-0.15, -0.1) is 0 Å². The fraction of sp³-hybridized carbons (Fsp3) is 0.500. The highest BCUT2D eigenvalue weighted by atomic mass is 16.5. The van der Waals surface area contributed by atoms with E-state index in [0.29, 0.717) is 24.2 Å². The molecule has 3 N–H and O–H groups in total. The van der Waals surface area contributed by atoms with Crippen LogP contribution in [0.1, 0.15) is 43.1 Å². The van der Waals surface area contributed by atoms with Crippen molar-refractivity contribution >= 4 is 23.6 Å². The molecule has 0 radical (unpaired) electrons. The van der Waals surface area contributed by atoms with Gasteiger partial charge < -0.3 is 20.7 Å². The third kappa shape index (κ3) is 6.45. The van der Waals surface area contributed by atoms with Crippen molar-refractivity contribution in [1.82, 2.24) is 10.6 Å². The van der Waals surface area contributed by atoms with Crippen molar-refractivity contribution in [1.29, 1.82) is 0 Å². The first kappa shape index (κ1) is 20.5. The second kappa shape index (κ2) is 9.66. The van der Waals surface area contributed by atoms with Gasteiger partial charge in [0.15, 0.2) is 0 Å². The van der Waals surface area contributed by atoms with Crippen LogP contribution in [0.15, 0.2) is 18.2 Å². The molecule has 3 amide bonds. The van der Waals surface area contributed by atoms with E-state index in [4.69, 9.17) is 0 Å². The molecular formula is C18H27N3O4. The fourth-order valence-corrected chi connectivity index (χ4v) is 2.28. The monoisotopic (exact) mass is 349 g/mol. The standard InChI is InChI=1S/C18H27N3O4/c1-6-19-16(22)13-8-7-12(4)14(10-13)20-17(23)15(9-11(2)3)21-18(24)25-5/h7-8,10-11,15H,6,9H2,1-5H3,(H,19,22)(H,20,23)(H,21,24). The summed E-state index contributed by atoms with van der Waals surface area (Å²) in [6, 6.07) is 4.38. The maximum Gasteiger partial charge on any atom is 0.407 e. The lowest BCUT2D eigenvalue weighted by Gasteiger charge is -2.20. The predicted octanol–water partition coefficient (Wildman–Crippen LogP) is 2.45. The number of alkyl carbamates (subject to hydrolysis) is 1. The maximum atomic E-state index is 12.6. The number of methoxy groups -OCH3 is 1. The van der Waals surface area contributed by atoms with Gasteiger partial charge in [-0.2, -0.15) is 0 Å². The SMILES string of the molecule is CCNC(=O)c1ccc(C)c(NC(=O)C(CC(C)C)NC(=O)OC)c1. The fourth-order valence-electron chi connectivity index (χ4n) is 2.28. The van der Waals surface area contributed by atoms with Crippen molar-refractivity contribution in [3.05, 3.63) is 29.3 Å². The number of anilines is 1. The summed E-state index contributed by atoms with van der Waals surface area (Å²) in [4.78, 5) is 36.0. The van der Waals surface area contributed by atoms with Gasteiger partial charge >= 0.3 is 6.09 Å². The van der Waals surface area contributed by atoms with Crippen molar-refractivity contribution in [3.63, 3.8) is 0 Å². The van der Waals surface area contributed by atoms with Crippen LogP contribution in [0.2, 0.25) is 0 Å². The van der Waals surface area contributed by atoms with Crippen LogP contribution in [0, 0.1) is 12.8 Å². The molecule has 0 fully saturated rings. The Morgan fingerprint density at radius 2 is 1.88 bits per heavy atom. The Bertz CT molecular complexity index is 629. The minimum absolute atomic E-state index is 0.204. The minimum atomic E-state index is -0.722. The molecule has 7 heteroatoms. The molecule has 0 aromatic heterocycles. The van der Waals surface area contributed by atoms with Crippen molar-refractivity contribution in [2.75, 3.05) is 19.0 Å². The molecule has 25 heavy (non-hydrogen) atoms. The van der Waals surface area contributed by atoms with Gasteiger partial charge in [-0.05, 0) is 43.9 Å². The smallest absolute Gasteiger partial charge is 0.407 e. The summed E-state index contributed by atoms with van der Waals surface area (Å²) in [7, 11) is 1.25. The molecule has 1 atom stereocenters. The molecule has 1 unspecified atom stereocenters. The van der Waals surface area contributed by atoms with Gasteiger partial charge in [0.1, 0.15) is 6.04 Å². The molecule has 0 aliphatic heterocycles. The first-order chi connectivity index (χ1) is 11.8. The first-order valence-electron chi connectivity index (χ1n) is 8.32. The summed E-state index contributed by atoms with van der Waals surface area (Å²) >= 11 is 0. The molecule has 1 aromatic carbocycles. The van der Waals surface area contributed by atoms with Gasteiger partial charge in [0.25, 0.3) is 5.91 Å². The molecule has 0 heterocycles. The average Bonchev–Trinajstić information content (AvgIpc) is 2.55. The molecule has 0 bridgehead atoms. The number of aryl methyl sites for hydroxylation is 1. The van der Waals surface area contributed by atoms with Crippen LogP contribution in [-0.2, 0) is 9.53 Å². The summed E-state index contributed by atoms with van der Waals surface area (Å²) in [5.41, 5.74) is 1.82. The Hall–Kier alpha value is -2.57. The molecule has 1 aromatic rings. The summed E-state index contributed by atoms with van der Waals surface area (Å²) < 4.78 is 4.58. The van der Waals surface area contributed by atoms with Gasteiger partial charge in [0, 0.05) is 17.8 Å². The van der Waals surface area contributed by atoms with Crippen molar-refractivity contribution in [3.8, 4) is 0 Å². The summed E-state index contributed by atoms with van der Waals surface area (Å²) in [6.07, 6.45) is -0.190. The molecule has 0 saturated heterocycles. The van der Waals surface area contributed by atoms with Crippen LogP contribution in [-0.4, -0.2) is 37.6 Å². The van der Waals surface area contributed by atoms with E-state index in [-0.39, 0.29) is 17.7 Å². The number of benzene rings is 1. The molecule has 0 spiro atoms. The normalized spacial score (nSPS) is 11.6. The van der Waals surface area contributed by atoms with E-state index in [1.165, 1.54) is 7.11 Å². The Balaban J connectivity index is 2.96. The van der Waals surface area contributed by atoms with Crippen LogP contribution in [0.3, 0.4) is 0 Å².